The lowest BCUT2D eigenvalue weighted by molar-refractivity contribution is -0.124. The number of nitrogens with zero attached hydrogens (tertiary/aromatic N) is 1. The quantitative estimate of drug-likeness (QED) is 0.641. The van der Waals surface area contributed by atoms with Gasteiger partial charge in [0.05, 0.1) is 5.54 Å². The number of nitrogens with one attached hydrogen (secondary N) is 1. The third kappa shape index (κ3) is 4.96. The van der Waals surface area contributed by atoms with E-state index in [2.05, 4.69) is 24.1 Å². The van der Waals surface area contributed by atoms with E-state index in [4.69, 9.17) is 5.73 Å². The van der Waals surface area contributed by atoms with Gasteiger partial charge in [-0.05, 0) is 70.4 Å². The summed E-state index contributed by atoms with van der Waals surface area (Å²) < 4.78 is 0. The van der Waals surface area contributed by atoms with E-state index in [0.29, 0.717) is 6.04 Å². The molecule has 0 aromatic heterocycles. The molecule has 1 heterocycles. The minimum Gasteiger partial charge on any atom is -0.368 e. The van der Waals surface area contributed by atoms with Crippen molar-refractivity contribution >= 4 is 5.91 Å². The molecule has 2 unspecified atom stereocenters. The Labute approximate surface area is 129 Å². The molecule has 0 spiro atoms. The summed E-state index contributed by atoms with van der Waals surface area (Å²) >= 11 is 0. The standard InChI is InChI=1S/C17H33N3O/c1-13(2)14-8-11-20(12-14)10-5-4-9-17(3,16(18)21)19-15-6-7-15/h13-15,19H,4-12H2,1-3H3,(H2,18,21). The van der Waals surface area contributed by atoms with Crippen molar-refractivity contribution in [3.8, 4) is 0 Å². The highest BCUT2D eigenvalue weighted by Gasteiger charge is 2.36. The van der Waals surface area contributed by atoms with Gasteiger partial charge in [-0.3, -0.25) is 4.79 Å². The van der Waals surface area contributed by atoms with Crippen molar-refractivity contribution in [2.24, 2.45) is 17.6 Å². The lowest BCUT2D eigenvalue weighted by atomic mass is 9.93. The van der Waals surface area contributed by atoms with Crippen molar-refractivity contribution in [3.05, 3.63) is 0 Å². The van der Waals surface area contributed by atoms with Crippen molar-refractivity contribution < 1.29 is 4.79 Å². The highest BCUT2D eigenvalue weighted by atomic mass is 16.1. The average molecular weight is 295 g/mol. The summed E-state index contributed by atoms with van der Waals surface area (Å²) in [5, 5.41) is 3.43. The number of hydrogen-bond donors (Lipinski definition) is 2. The maximum absolute atomic E-state index is 11.7. The zero-order valence-electron chi connectivity index (χ0n) is 14.0. The van der Waals surface area contributed by atoms with Crippen LogP contribution in [0.1, 0.15) is 59.3 Å². The molecule has 1 aliphatic heterocycles. The molecule has 4 heteroatoms. The van der Waals surface area contributed by atoms with Crippen LogP contribution in [0.2, 0.25) is 0 Å². The molecule has 1 saturated heterocycles. The number of rotatable bonds is 9. The number of likely N-dealkylation sites (tertiary alicyclic amines) is 1. The Morgan fingerprint density at radius 1 is 1.33 bits per heavy atom. The summed E-state index contributed by atoms with van der Waals surface area (Å²) in [6.07, 6.45) is 6.82. The predicted molar refractivity (Wildman–Crippen MR) is 87.0 cm³/mol. The molecule has 0 radical (unpaired) electrons. The van der Waals surface area contributed by atoms with E-state index in [1.54, 1.807) is 0 Å². The van der Waals surface area contributed by atoms with Crippen LogP contribution in [-0.4, -0.2) is 42.0 Å². The smallest absolute Gasteiger partial charge is 0.237 e. The molecule has 21 heavy (non-hydrogen) atoms. The molecule has 0 bridgehead atoms. The van der Waals surface area contributed by atoms with Crippen molar-refractivity contribution in [1.82, 2.24) is 10.2 Å². The van der Waals surface area contributed by atoms with Crippen LogP contribution in [0.3, 0.4) is 0 Å². The molecule has 2 fully saturated rings. The highest BCUT2D eigenvalue weighted by molar-refractivity contribution is 5.84. The number of amides is 1. The van der Waals surface area contributed by atoms with Gasteiger partial charge in [0.2, 0.25) is 5.91 Å². The molecule has 2 atom stereocenters. The Balaban J connectivity index is 1.65. The number of hydrogen-bond acceptors (Lipinski definition) is 3. The average Bonchev–Trinajstić information content (AvgIpc) is 3.08. The zero-order valence-corrected chi connectivity index (χ0v) is 14.0. The van der Waals surface area contributed by atoms with E-state index in [1.807, 2.05) is 6.92 Å². The summed E-state index contributed by atoms with van der Waals surface area (Å²) in [6.45, 7) is 10.3. The van der Waals surface area contributed by atoms with E-state index in [1.165, 1.54) is 45.3 Å². The SMILES string of the molecule is CC(C)C1CCN(CCCCC(C)(NC2CC2)C(N)=O)C1. The van der Waals surface area contributed by atoms with Crippen molar-refractivity contribution in [1.29, 1.82) is 0 Å². The molecule has 1 saturated carbocycles. The van der Waals surface area contributed by atoms with Gasteiger partial charge in [0.15, 0.2) is 0 Å². The van der Waals surface area contributed by atoms with Crippen LogP contribution >= 0.6 is 0 Å². The number of carbonyl (C=O) groups is 1. The molecular formula is C17H33N3O. The second-order valence-corrected chi connectivity index (χ2v) is 7.67. The Bertz CT molecular complexity index is 354. The monoisotopic (exact) mass is 295 g/mol. The Morgan fingerprint density at radius 2 is 2.05 bits per heavy atom. The topological polar surface area (TPSA) is 58.4 Å². The minimum atomic E-state index is -0.507. The molecule has 3 N–H and O–H groups in total. The van der Waals surface area contributed by atoms with Crippen LogP contribution in [0.4, 0.5) is 0 Å². The minimum absolute atomic E-state index is 0.199. The molecule has 4 nitrogen and oxygen atoms in total. The van der Waals surface area contributed by atoms with Gasteiger partial charge in [-0.1, -0.05) is 13.8 Å². The van der Waals surface area contributed by atoms with Gasteiger partial charge in [-0.25, -0.2) is 0 Å². The summed E-state index contributed by atoms with van der Waals surface area (Å²) in [5.74, 6) is 1.48. The number of nitrogens with two attached hydrogens (primary N) is 1. The first-order chi connectivity index (χ1) is 9.90. The summed E-state index contributed by atoms with van der Waals surface area (Å²) in [5.41, 5.74) is 5.08. The fourth-order valence-electron chi connectivity index (χ4n) is 3.37. The van der Waals surface area contributed by atoms with Crippen LogP contribution in [0.15, 0.2) is 0 Å². The van der Waals surface area contributed by atoms with Gasteiger partial charge >= 0.3 is 0 Å². The van der Waals surface area contributed by atoms with Crippen LogP contribution in [0, 0.1) is 11.8 Å². The van der Waals surface area contributed by atoms with Crippen LogP contribution in [0.25, 0.3) is 0 Å². The molecule has 122 valence electrons. The molecule has 2 rings (SSSR count). The Kier molecular flexibility index (Phi) is 5.67. The van der Waals surface area contributed by atoms with Crippen LogP contribution in [0.5, 0.6) is 0 Å². The molecule has 0 aromatic carbocycles. The Hall–Kier alpha value is -0.610. The van der Waals surface area contributed by atoms with E-state index in [0.717, 1.165) is 24.7 Å². The van der Waals surface area contributed by atoms with E-state index in [9.17, 15) is 4.79 Å². The van der Waals surface area contributed by atoms with E-state index < -0.39 is 5.54 Å². The normalized spacial score (nSPS) is 26.2. The van der Waals surface area contributed by atoms with E-state index >= 15 is 0 Å². The predicted octanol–water partition coefficient (Wildman–Crippen LogP) is 2.13. The first kappa shape index (κ1) is 16.8. The largest absolute Gasteiger partial charge is 0.368 e. The number of unbranched alkanes of at least 4 members (excludes halogenated alkanes) is 1. The summed E-state index contributed by atoms with van der Waals surface area (Å²) in [4.78, 5) is 14.3. The zero-order chi connectivity index (χ0) is 15.5. The van der Waals surface area contributed by atoms with Gasteiger partial charge in [0, 0.05) is 12.6 Å². The van der Waals surface area contributed by atoms with Crippen molar-refractivity contribution in [2.75, 3.05) is 19.6 Å². The summed E-state index contributed by atoms with van der Waals surface area (Å²) in [6, 6.07) is 0.521. The maximum atomic E-state index is 11.7. The van der Waals surface area contributed by atoms with Gasteiger partial charge in [-0.2, -0.15) is 0 Å². The van der Waals surface area contributed by atoms with Gasteiger partial charge in [0.1, 0.15) is 0 Å². The lowest BCUT2D eigenvalue weighted by Crippen LogP contribution is -2.54. The molecular weight excluding hydrogens is 262 g/mol. The molecule has 1 amide bonds. The number of primary amides is 1. The first-order valence-electron chi connectivity index (χ1n) is 8.70. The molecule has 1 aliphatic carbocycles. The van der Waals surface area contributed by atoms with E-state index in [-0.39, 0.29) is 5.91 Å². The second-order valence-electron chi connectivity index (χ2n) is 7.67. The lowest BCUT2D eigenvalue weighted by Gasteiger charge is -2.28. The second kappa shape index (κ2) is 7.10. The fourth-order valence-corrected chi connectivity index (χ4v) is 3.37. The van der Waals surface area contributed by atoms with Crippen LogP contribution < -0.4 is 11.1 Å². The third-order valence-corrected chi connectivity index (χ3v) is 5.30. The van der Waals surface area contributed by atoms with Crippen molar-refractivity contribution in [2.45, 2.75) is 70.9 Å². The van der Waals surface area contributed by atoms with Gasteiger partial charge < -0.3 is 16.0 Å². The van der Waals surface area contributed by atoms with Gasteiger partial charge in [0.25, 0.3) is 0 Å². The third-order valence-electron chi connectivity index (χ3n) is 5.30. The number of carbonyl (C=O) groups excluding carboxylic acids is 1. The Morgan fingerprint density at radius 3 is 2.57 bits per heavy atom. The highest BCUT2D eigenvalue weighted by Crippen LogP contribution is 2.26. The molecule has 0 aromatic rings. The fraction of sp³-hybridized carbons (Fsp3) is 0.941. The first-order valence-corrected chi connectivity index (χ1v) is 8.70. The summed E-state index contributed by atoms with van der Waals surface area (Å²) in [7, 11) is 0. The van der Waals surface area contributed by atoms with Crippen LogP contribution in [-0.2, 0) is 4.79 Å². The maximum Gasteiger partial charge on any atom is 0.237 e. The van der Waals surface area contributed by atoms with Gasteiger partial charge in [-0.15, -0.1) is 0 Å². The molecule has 2 aliphatic rings. The van der Waals surface area contributed by atoms with Crippen molar-refractivity contribution in [3.63, 3.8) is 0 Å².